The Kier molecular flexibility index (Phi) is 11.2. The van der Waals surface area contributed by atoms with E-state index >= 15 is 0 Å². The van der Waals surface area contributed by atoms with Crippen LogP contribution in [-0.2, 0) is 32.6 Å². The molecule has 4 aromatic rings. The first-order valence-corrected chi connectivity index (χ1v) is 16.1. The number of amides is 2. The Balaban J connectivity index is 1.85. The molecule has 0 aliphatic rings. The van der Waals surface area contributed by atoms with Gasteiger partial charge in [-0.05, 0) is 49.2 Å². The van der Waals surface area contributed by atoms with E-state index in [2.05, 4.69) is 5.32 Å². The molecule has 0 bridgehead atoms. The summed E-state index contributed by atoms with van der Waals surface area (Å²) in [4.78, 5) is 29.8. The molecule has 4 rings (SSSR count). The molecule has 4 aromatic carbocycles. The first kappa shape index (κ1) is 33.1. The molecule has 2 amide bonds. The van der Waals surface area contributed by atoms with Gasteiger partial charge in [-0.1, -0.05) is 78.9 Å². The van der Waals surface area contributed by atoms with Gasteiger partial charge in [0.25, 0.3) is 10.0 Å². The van der Waals surface area contributed by atoms with Crippen molar-refractivity contribution in [3.05, 3.63) is 120 Å². The molecule has 0 fully saturated rings. The quantitative estimate of drug-likeness (QED) is 0.209. The zero-order valence-electron chi connectivity index (χ0n) is 25.9. The number of sulfonamides is 1. The molecule has 0 radical (unpaired) electrons. The van der Waals surface area contributed by atoms with Gasteiger partial charge in [0, 0.05) is 25.1 Å². The van der Waals surface area contributed by atoms with Crippen LogP contribution in [-0.4, -0.2) is 58.0 Å². The second kappa shape index (κ2) is 15.3. The van der Waals surface area contributed by atoms with Crippen molar-refractivity contribution in [3.8, 4) is 11.5 Å². The number of benzene rings is 4. The Morgan fingerprint density at radius 3 is 1.91 bits per heavy atom. The summed E-state index contributed by atoms with van der Waals surface area (Å²) < 4.78 is 40.4. The maximum absolute atomic E-state index is 14.6. The van der Waals surface area contributed by atoms with Crippen molar-refractivity contribution in [2.45, 2.75) is 43.8 Å². The molecule has 0 heterocycles. The van der Waals surface area contributed by atoms with Crippen molar-refractivity contribution in [1.29, 1.82) is 0 Å². The van der Waals surface area contributed by atoms with E-state index in [0.29, 0.717) is 5.75 Å². The van der Waals surface area contributed by atoms with Crippen molar-refractivity contribution in [2.24, 2.45) is 0 Å². The molecule has 1 unspecified atom stereocenters. The zero-order valence-corrected chi connectivity index (χ0v) is 26.7. The van der Waals surface area contributed by atoms with E-state index in [1.807, 2.05) is 74.5 Å². The predicted molar refractivity (Wildman–Crippen MR) is 175 cm³/mol. The molecule has 0 aliphatic carbocycles. The molecule has 9 nitrogen and oxygen atoms in total. The molecule has 0 aliphatic heterocycles. The Morgan fingerprint density at radius 1 is 0.778 bits per heavy atom. The van der Waals surface area contributed by atoms with Crippen molar-refractivity contribution >= 4 is 27.5 Å². The molecule has 10 heteroatoms. The number of ether oxygens (including phenoxy) is 2. The van der Waals surface area contributed by atoms with E-state index < -0.39 is 28.5 Å². The number of methoxy groups -OCH3 is 2. The SMILES string of the molecule is COc1ccc(OC)c(N(CC(=O)N(Cc2ccccc2)C(Cc2ccccc2)C(=O)NC(C)C)S(=O)(=O)c2ccccc2)c1. The topological polar surface area (TPSA) is 105 Å². The smallest absolute Gasteiger partial charge is 0.264 e. The summed E-state index contributed by atoms with van der Waals surface area (Å²) in [6, 6.07) is 30.2. The Morgan fingerprint density at radius 2 is 1.36 bits per heavy atom. The average Bonchev–Trinajstić information content (AvgIpc) is 3.05. The lowest BCUT2D eigenvalue weighted by molar-refractivity contribution is -0.140. The van der Waals surface area contributed by atoms with Crippen LogP contribution in [0.2, 0.25) is 0 Å². The highest BCUT2D eigenvalue weighted by molar-refractivity contribution is 7.92. The van der Waals surface area contributed by atoms with E-state index in [9.17, 15) is 18.0 Å². The van der Waals surface area contributed by atoms with E-state index in [1.165, 1.54) is 37.3 Å². The van der Waals surface area contributed by atoms with Gasteiger partial charge in [-0.15, -0.1) is 0 Å². The Bertz CT molecular complexity index is 1670. The van der Waals surface area contributed by atoms with Crippen LogP contribution >= 0.6 is 0 Å². The summed E-state index contributed by atoms with van der Waals surface area (Å²) in [5.74, 6) is -0.292. The Labute approximate surface area is 265 Å². The van der Waals surface area contributed by atoms with E-state index in [0.717, 1.165) is 15.4 Å². The lowest BCUT2D eigenvalue weighted by Crippen LogP contribution is -2.54. The standard InChI is InChI=1S/C35H39N3O6S/c1-26(2)36-35(40)32(22-27-14-8-5-9-15-27)37(24-28-16-10-6-11-17-28)34(39)25-38(45(41,42)30-18-12-7-13-19-30)31-23-29(43-3)20-21-33(31)44-4/h5-21,23,26,32H,22,24-25H2,1-4H3,(H,36,40). The number of nitrogens with zero attached hydrogens (tertiary/aromatic N) is 2. The van der Waals surface area contributed by atoms with E-state index in [1.54, 1.807) is 30.3 Å². The fourth-order valence-corrected chi connectivity index (χ4v) is 6.38. The van der Waals surface area contributed by atoms with Crippen LogP contribution in [0.4, 0.5) is 5.69 Å². The van der Waals surface area contributed by atoms with Gasteiger partial charge in [0.05, 0.1) is 24.8 Å². The minimum Gasteiger partial charge on any atom is -0.497 e. The molecular formula is C35H39N3O6S. The van der Waals surface area contributed by atoms with Crippen molar-refractivity contribution in [3.63, 3.8) is 0 Å². The van der Waals surface area contributed by atoms with Crippen LogP contribution < -0.4 is 19.1 Å². The Hall–Kier alpha value is -4.83. The molecule has 0 saturated heterocycles. The molecule has 0 saturated carbocycles. The molecule has 1 N–H and O–H groups in total. The van der Waals surface area contributed by atoms with E-state index in [-0.39, 0.29) is 41.2 Å². The molecule has 1 atom stereocenters. The lowest BCUT2D eigenvalue weighted by atomic mass is 10.0. The maximum atomic E-state index is 14.6. The summed E-state index contributed by atoms with van der Waals surface area (Å²) in [7, 11) is -1.39. The minimum atomic E-state index is -4.29. The van der Waals surface area contributed by atoms with Gasteiger partial charge < -0.3 is 19.7 Å². The predicted octanol–water partition coefficient (Wildman–Crippen LogP) is 5.06. The average molecular weight is 630 g/mol. The van der Waals surface area contributed by atoms with Gasteiger partial charge in [-0.2, -0.15) is 0 Å². The van der Waals surface area contributed by atoms with Gasteiger partial charge in [0.15, 0.2) is 0 Å². The highest BCUT2D eigenvalue weighted by atomic mass is 32.2. The summed E-state index contributed by atoms with van der Waals surface area (Å²) >= 11 is 0. The van der Waals surface area contributed by atoms with Crippen molar-refractivity contribution in [2.75, 3.05) is 25.1 Å². The fourth-order valence-electron chi connectivity index (χ4n) is 4.94. The fraction of sp³-hybridized carbons (Fsp3) is 0.257. The van der Waals surface area contributed by atoms with Gasteiger partial charge >= 0.3 is 0 Å². The summed E-state index contributed by atoms with van der Waals surface area (Å²) in [5, 5.41) is 2.96. The third-order valence-corrected chi connectivity index (χ3v) is 8.94. The normalized spacial score (nSPS) is 11.8. The van der Waals surface area contributed by atoms with Gasteiger partial charge in [0.2, 0.25) is 11.8 Å². The minimum absolute atomic E-state index is 0.00401. The van der Waals surface area contributed by atoms with Crippen LogP contribution in [0.25, 0.3) is 0 Å². The highest BCUT2D eigenvalue weighted by Crippen LogP contribution is 2.36. The molecular weight excluding hydrogens is 590 g/mol. The van der Waals surface area contributed by atoms with Crippen LogP contribution in [0.5, 0.6) is 11.5 Å². The highest BCUT2D eigenvalue weighted by Gasteiger charge is 2.35. The zero-order chi connectivity index (χ0) is 32.4. The van der Waals surface area contributed by atoms with Crippen molar-refractivity contribution in [1.82, 2.24) is 10.2 Å². The van der Waals surface area contributed by atoms with Crippen LogP contribution in [0.1, 0.15) is 25.0 Å². The molecule has 0 aromatic heterocycles. The largest absolute Gasteiger partial charge is 0.497 e. The number of hydrogen-bond acceptors (Lipinski definition) is 6. The number of carbonyl (C=O) groups is 2. The van der Waals surface area contributed by atoms with Crippen LogP contribution in [0, 0.1) is 0 Å². The van der Waals surface area contributed by atoms with Crippen molar-refractivity contribution < 1.29 is 27.5 Å². The number of nitrogens with one attached hydrogen (secondary N) is 1. The van der Waals surface area contributed by atoms with E-state index in [4.69, 9.17) is 9.47 Å². The first-order chi connectivity index (χ1) is 21.6. The number of rotatable bonds is 14. The van der Waals surface area contributed by atoms with Gasteiger partial charge in [-0.25, -0.2) is 8.42 Å². The molecule has 236 valence electrons. The monoisotopic (exact) mass is 629 g/mol. The van der Waals surface area contributed by atoms with Crippen LogP contribution in [0.3, 0.4) is 0 Å². The number of hydrogen-bond donors (Lipinski definition) is 1. The lowest BCUT2D eigenvalue weighted by Gasteiger charge is -2.34. The summed E-state index contributed by atoms with van der Waals surface area (Å²) in [6.45, 7) is 3.18. The first-order valence-electron chi connectivity index (χ1n) is 14.6. The van der Waals surface area contributed by atoms with Crippen LogP contribution in [0.15, 0.2) is 114 Å². The molecule has 0 spiro atoms. The third kappa shape index (κ3) is 8.42. The molecule has 45 heavy (non-hydrogen) atoms. The maximum Gasteiger partial charge on any atom is 0.264 e. The third-order valence-electron chi connectivity index (χ3n) is 7.16. The van der Waals surface area contributed by atoms with Gasteiger partial charge in [0.1, 0.15) is 24.1 Å². The van der Waals surface area contributed by atoms with Gasteiger partial charge in [-0.3, -0.25) is 13.9 Å². The summed E-state index contributed by atoms with van der Waals surface area (Å²) in [6.07, 6.45) is 0.228. The summed E-state index contributed by atoms with van der Waals surface area (Å²) in [5.41, 5.74) is 1.77. The number of carbonyl (C=O) groups excluding carboxylic acids is 2. The second-order valence-corrected chi connectivity index (χ2v) is 12.6. The second-order valence-electron chi connectivity index (χ2n) is 10.7. The number of anilines is 1.